The molecule has 4 rings (SSSR count). The molecule has 2 N–H and O–H groups in total. The third kappa shape index (κ3) is 4.07. The summed E-state index contributed by atoms with van der Waals surface area (Å²) in [6.45, 7) is 3.92. The predicted molar refractivity (Wildman–Crippen MR) is 94.2 cm³/mol. The zero-order valence-electron chi connectivity index (χ0n) is 15.0. The fourth-order valence-electron chi connectivity index (χ4n) is 3.41. The third-order valence-corrected chi connectivity index (χ3v) is 4.86. The van der Waals surface area contributed by atoms with Gasteiger partial charge in [-0.2, -0.15) is 0 Å². The Labute approximate surface area is 152 Å². The van der Waals surface area contributed by atoms with Crippen molar-refractivity contribution in [3.63, 3.8) is 0 Å². The molecule has 3 heterocycles. The van der Waals surface area contributed by atoms with Gasteiger partial charge in [0.2, 0.25) is 0 Å². The van der Waals surface area contributed by atoms with Crippen molar-refractivity contribution in [3.8, 4) is 11.5 Å². The molecule has 0 saturated carbocycles. The molecule has 1 fully saturated rings. The zero-order valence-corrected chi connectivity index (χ0v) is 15.0. The highest BCUT2D eigenvalue weighted by Crippen LogP contribution is 2.33. The normalized spacial score (nSPS) is 27.9. The average Bonchev–Trinajstić information content (AvgIpc) is 2.49. The third-order valence-electron chi connectivity index (χ3n) is 4.86. The predicted octanol–water partition coefficient (Wildman–Crippen LogP) is 2.90. The Morgan fingerprint density at radius 2 is 1.85 bits per heavy atom. The van der Waals surface area contributed by atoms with E-state index < -0.39 is 11.7 Å². The van der Waals surface area contributed by atoms with Crippen molar-refractivity contribution in [2.45, 2.75) is 57.8 Å². The smallest absolute Gasteiger partial charge is 0.342 e. The van der Waals surface area contributed by atoms with Gasteiger partial charge in [0.1, 0.15) is 23.2 Å². The van der Waals surface area contributed by atoms with Gasteiger partial charge in [-0.15, -0.1) is 0 Å². The number of aromatic hydroxyl groups is 2. The molecule has 1 saturated heterocycles. The summed E-state index contributed by atoms with van der Waals surface area (Å²) in [5.41, 5.74) is 0.183. The second-order valence-corrected chi connectivity index (χ2v) is 7.32. The Bertz CT molecular complexity index is 730. The fraction of sp³-hybridized carbons (Fsp3) is 0.500. The SMILES string of the molecule is CC(C)[C@@H]1CC2CC(C/C=C/C(=O)Cc3cc(O)cc(O)c3C(=O)O1)O2. The maximum atomic E-state index is 12.7. The molecule has 0 aromatic heterocycles. The van der Waals surface area contributed by atoms with Crippen LogP contribution >= 0.6 is 0 Å². The van der Waals surface area contributed by atoms with Crippen LogP contribution in [0.5, 0.6) is 11.5 Å². The van der Waals surface area contributed by atoms with Crippen molar-refractivity contribution in [1.82, 2.24) is 0 Å². The van der Waals surface area contributed by atoms with E-state index in [1.54, 1.807) is 6.08 Å². The van der Waals surface area contributed by atoms with Gasteiger partial charge in [-0.1, -0.05) is 19.9 Å². The monoisotopic (exact) mass is 360 g/mol. The molecule has 0 radical (unpaired) electrons. The van der Waals surface area contributed by atoms with E-state index in [2.05, 4.69) is 0 Å². The van der Waals surface area contributed by atoms with Gasteiger partial charge in [-0.05, 0) is 30.0 Å². The molecule has 26 heavy (non-hydrogen) atoms. The van der Waals surface area contributed by atoms with Crippen molar-refractivity contribution in [1.29, 1.82) is 0 Å². The summed E-state index contributed by atoms with van der Waals surface area (Å²) in [6.07, 6.45) is 5.01. The van der Waals surface area contributed by atoms with E-state index in [-0.39, 0.29) is 53.3 Å². The molecule has 0 spiro atoms. The average molecular weight is 360 g/mol. The Hall–Kier alpha value is -2.34. The van der Waals surface area contributed by atoms with Crippen molar-refractivity contribution >= 4 is 11.8 Å². The Morgan fingerprint density at radius 3 is 2.54 bits per heavy atom. The van der Waals surface area contributed by atoms with Crippen LogP contribution in [0, 0.1) is 5.92 Å². The second kappa shape index (κ2) is 7.50. The van der Waals surface area contributed by atoms with Gasteiger partial charge in [0.15, 0.2) is 5.78 Å². The van der Waals surface area contributed by atoms with Crippen LogP contribution in [0.3, 0.4) is 0 Å². The summed E-state index contributed by atoms with van der Waals surface area (Å²) in [5.74, 6) is -1.43. The van der Waals surface area contributed by atoms with E-state index in [0.29, 0.717) is 12.8 Å². The molecule has 2 bridgehead atoms. The van der Waals surface area contributed by atoms with Gasteiger partial charge in [0.25, 0.3) is 0 Å². The van der Waals surface area contributed by atoms with Gasteiger partial charge in [-0.25, -0.2) is 4.79 Å². The van der Waals surface area contributed by atoms with Crippen LogP contribution < -0.4 is 0 Å². The van der Waals surface area contributed by atoms with E-state index in [1.165, 1.54) is 12.1 Å². The largest absolute Gasteiger partial charge is 0.508 e. The van der Waals surface area contributed by atoms with Crippen LogP contribution in [0.4, 0.5) is 0 Å². The molecule has 3 atom stereocenters. The van der Waals surface area contributed by atoms with E-state index in [0.717, 1.165) is 12.5 Å². The molecular weight excluding hydrogens is 336 g/mol. The minimum atomic E-state index is -0.694. The number of rotatable bonds is 1. The highest BCUT2D eigenvalue weighted by Gasteiger charge is 2.34. The number of phenols is 2. The Morgan fingerprint density at radius 1 is 1.12 bits per heavy atom. The minimum Gasteiger partial charge on any atom is -0.508 e. The lowest BCUT2D eigenvalue weighted by Gasteiger charge is -2.38. The maximum absolute atomic E-state index is 12.7. The van der Waals surface area contributed by atoms with E-state index >= 15 is 0 Å². The summed E-state index contributed by atoms with van der Waals surface area (Å²) in [7, 11) is 0. The molecule has 1 aromatic rings. The van der Waals surface area contributed by atoms with Gasteiger partial charge in [0.05, 0.1) is 12.2 Å². The molecule has 6 heteroatoms. The quantitative estimate of drug-likeness (QED) is 0.748. The number of carbonyl (C=O) groups excluding carboxylic acids is 2. The first-order chi connectivity index (χ1) is 12.3. The van der Waals surface area contributed by atoms with Crippen LogP contribution in [0.2, 0.25) is 0 Å². The topological polar surface area (TPSA) is 93.1 Å². The fourth-order valence-corrected chi connectivity index (χ4v) is 3.41. The van der Waals surface area contributed by atoms with E-state index in [9.17, 15) is 19.8 Å². The lowest BCUT2D eigenvalue weighted by molar-refractivity contribution is -0.140. The Balaban J connectivity index is 1.95. The number of allylic oxidation sites excluding steroid dienone is 1. The van der Waals surface area contributed by atoms with Gasteiger partial charge >= 0.3 is 5.97 Å². The van der Waals surface area contributed by atoms with E-state index in [1.807, 2.05) is 13.8 Å². The number of phenolic OH excluding ortho intramolecular Hbond substituents is 2. The van der Waals surface area contributed by atoms with E-state index in [4.69, 9.17) is 9.47 Å². The number of ketones is 1. The van der Waals surface area contributed by atoms with Crippen LogP contribution in [-0.4, -0.2) is 40.3 Å². The molecular formula is C20H24O6. The standard InChI is InChI=1S/C20H24O6/c1-11(2)18-10-16-9-15(25-16)5-3-4-13(21)6-12-7-14(22)8-17(23)19(12)20(24)26-18/h3-4,7-8,11,15-16,18,22-23H,5-6,9-10H2,1-2H3/b4-3+/t15?,16?,18-/m0/s1. The number of esters is 1. The molecule has 3 aliphatic heterocycles. The molecule has 0 aliphatic carbocycles. The number of hydrogen-bond donors (Lipinski definition) is 2. The number of benzene rings is 1. The summed E-state index contributed by atoms with van der Waals surface area (Å²) in [5, 5.41) is 19.9. The number of ether oxygens (including phenoxy) is 2. The molecule has 140 valence electrons. The van der Waals surface area contributed by atoms with Crippen molar-refractivity contribution in [2.75, 3.05) is 0 Å². The second-order valence-electron chi connectivity index (χ2n) is 7.32. The van der Waals surface area contributed by atoms with Gasteiger partial charge in [0, 0.05) is 25.3 Å². The van der Waals surface area contributed by atoms with Crippen molar-refractivity contribution in [2.24, 2.45) is 5.92 Å². The summed E-state index contributed by atoms with van der Waals surface area (Å²) in [6, 6.07) is 2.40. The summed E-state index contributed by atoms with van der Waals surface area (Å²) >= 11 is 0. The van der Waals surface area contributed by atoms with Crippen LogP contribution in [0.15, 0.2) is 24.3 Å². The number of hydrogen-bond acceptors (Lipinski definition) is 6. The minimum absolute atomic E-state index is 0.0279. The number of fused-ring (bicyclic) bond motifs is 6. The van der Waals surface area contributed by atoms with Crippen LogP contribution in [0.1, 0.15) is 49.0 Å². The Kier molecular flexibility index (Phi) is 5.32. The first-order valence-corrected chi connectivity index (χ1v) is 8.94. The van der Waals surface area contributed by atoms with Crippen molar-refractivity contribution in [3.05, 3.63) is 35.4 Å². The highest BCUT2D eigenvalue weighted by molar-refractivity contribution is 5.98. The first kappa shape index (κ1) is 18.5. The lowest BCUT2D eigenvalue weighted by atomic mass is 9.92. The van der Waals surface area contributed by atoms with Gasteiger partial charge < -0.3 is 19.7 Å². The van der Waals surface area contributed by atoms with Gasteiger partial charge in [-0.3, -0.25) is 4.79 Å². The highest BCUT2D eigenvalue weighted by atomic mass is 16.6. The molecule has 3 aliphatic rings. The number of carbonyl (C=O) groups is 2. The zero-order chi connectivity index (χ0) is 18.8. The first-order valence-electron chi connectivity index (χ1n) is 8.94. The molecule has 6 nitrogen and oxygen atoms in total. The summed E-state index contributed by atoms with van der Waals surface area (Å²) < 4.78 is 11.5. The van der Waals surface area contributed by atoms with Crippen LogP contribution in [-0.2, 0) is 20.7 Å². The molecule has 1 aromatic carbocycles. The van der Waals surface area contributed by atoms with Crippen LogP contribution in [0.25, 0.3) is 0 Å². The molecule has 0 amide bonds. The maximum Gasteiger partial charge on any atom is 0.342 e. The lowest BCUT2D eigenvalue weighted by Crippen LogP contribution is -2.41. The summed E-state index contributed by atoms with van der Waals surface area (Å²) in [4.78, 5) is 24.9. The molecule has 2 unspecified atom stereocenters. The van der Waals surface area contributed by atoms with Crippen molar-refractivity contribution < 1.29 is 29.3 Å².